The van der Waals surface area contributed by atoms with Crippen molar-refractivity contribution in [2.24, 2.45) is 5.29 Å². The molecule has 16 heavy (non-hydrogen) atoms. The Bertz CT molecular complexity index is 299. The van der Waals surface area contributed by atoms with Crippen LogP contribution in [0, 0.1) is 4.91 Å². The molecule has 0 spiro atoms. The van der Waals surface area contributed by atoms with E-state index in [1.807, 2.05) is 0 Å². The van der Waals surface area contributed by atoms with Crippen molar-refractivity contribution in [2.75, 3.05) is 12.3 Å². The van der Waals surface area contributed by atoms with Crippen molar-refractivity contribution >= 4 is 24.5 Å². The molecule has 7 nitrogen and oxygen atoms in total. The fourth-order valence-corrected chi connectivity index (χ4v) is 1.96. The molecule has 0 aromatic rings. The van der Waals surface area contributed by atoms with Gasteiger partial charge in [0, 0.05) is 12.3 Å². The van der Waals surface area contributed by atoms with E-state index in [9.17, 15) is 14.5 Å². The molecular weight excluding hydrogens is 234 g/mol. The third kappa shape index (κ3) is 2.63. The Morgan fingerprint density at radius 3 is 2.81 bits per heavy atom. The average molecular weight is 247 g/mol. The maximum absolute atomic E-state index is 11.8. The van der Waals surface area contributed by atoms with Gasteiger partial charge in [-0.3, -0.25) is 10.2 Å². The largest absolute Gasteiger partial charge is 0.480 e. The van der Waals surface area contributed by atoms with Crippen LogP contribution >= 0.6 is 12.6 Å². The van der Waals surface area contributed by atoms with Gasteiger partial charge in [0.05, 0.1) is 5.29 Å². The summed E-state index contributed by atoms with van der Waals surface area (Å²) in [6.45, 7) is 0.389. The monoisotopic (exact) mass is 247 g/mol. The summed E-state index contributed by atoms with van der Waals surface area (Å²) in [6, 6.07) is -1.66. The van der Waals surface area contributed by atoms with Gasteiger partial charge in [-0.05, 0) is 12.8 Å². The molecule has 8 heteroatoms. The minimum atomic E-state index is -1.03. The lowest BCUT2D eigenvalue weighted by atomic mass is 10.2. The van der Waals surface area contributed by atoms with E-state index in [0.717, 1.165) is 0 Å². The Morgan fingerprint density at radius 2 is 2.31 bits per heavy atom. The van der Waals surface area contributed by atoms with E-state index in [-0.39, 0.29) is 5.75 Å². The first-order valence-electron chi connectivity index (χ1n) is 4.83. The molecule has 0 aliphatic carbocycles. The third-order valence-electron chi connectivity index (χ3n) is 2.51. The first kappa shape index (κ1) is 12.8. The van der Waals surface area contributed by atoms with E-state index in [2.05, 4.69) is 23.3 Å². The summed E-state index contributed by atoms with van der Waals surface area (Å²) in [5.41, 5.74) is 2.08. The van der Waals surface area contributed by atoms with Crippen molar-refractivity contribution in [3.8, 4) is 0 Å². The third-order valence-corrected chi connectivity index (χ3v) is 2.88. The fraction of sp³-hybridized carbons (Fsp3) is 0.750. The number of likely N-dealkylation sites (tertiary alicyclic amines) is 1. The first-order valence-corrected chi connectivity index (χ1v) is 5.47. The Labute approximate surface area is 97.5 Å². The molecule has 2 atom stereocenters. The van der Waals surface area contributed by atoms with E-state index >= 15 is 0 Å². The van der Waals surface area contributed by atoms with Crippen molar-refractivity contribution in [2.45, 2.75) is 24.9 Å². The van der Waals surface area contributed by atoms with Gasteiger partial charge in [-0.15, -0.1) is 4.91 Å². The van der Waals surface area contributed by atoms with Crippen LogP contribution in [-0.4, -0.2) is 46.3 Å². The number of thiol groups is 1. The van der Waals surface area contributed by atoms with Gasteiger partial charge in [0.1, 0.15) is 12.1 Å². The van der Waals surface area contributed by atoms with Crippen molar-refractivity contribution in [1.29, 1.82) is 0 Å². The van der Waals surface area contributed by atoms with Crippen LogP contribution in [0.1, 0.15) is 12.8 Å². The molecule has 90 valence electrons. The molecule has 1 rings (SSSR count). The topological polar surface area (TPSA) is 99.1 Å². The molecule has 1 fully saturated rings. The molecule has 1 aliphatic heterocycles. The number of hydrogen-bond acceptors (Lipinski definition) is 5. The number of hydrogen-bond donors (Lipinski definition) is 3. The summed E-state index contributed by atoms with van der Waals surface area (Å²) < 4.78 is 0. The van der Waals surface area contributed by atoms with E-state index in [0.29, 0.717) is 19.4 Å². The first-order chi connectivity index (χ1) is 7.61. The molecule has 0 bridgehead atoms. The smallest absolute Gasteiger partial charge is 0.326 e. The highest BCUT2D eigenvalue weighted by Crippen LogP contribution is 2.18. The van der Waals surface area contributed by atoms with Crippen LogP contribution in [-0.2, 0) is 9.59 Å². The molecule has 1 heterocycles. The standard InChI is InChI=1S/C8H13N3O4S/c12-7(5(4-16)9-10-15)11-3-1-2-6(11)8(13)14/h5-6,16H,1-4H2,(H,9,15)(H,13,14)/t5?,6-/m0/s1. The summed E-state index contributed by atoms with van der Waals surface area (Å²) in [4.78, 5) is 34.0. The maximum Gasteiger partial charge on any atom is 0.326 e. The fourth-order valence-electron chi connectivity index (χ4n) is 1.73. The Kier molecular flexibility index (Phi) is 4.53. The lowest BCUT2D eigenvalue weighted by molar-refractivity contribution is -0.148. The van der Waals surface area contributed by atoms with Crippen molar-refractivity contribution in [3.63, 3.8) is 0 Å². The molecule has 1 aliphatic rings. The molecule has 1 amide bonds. The molecule has 2 N–H and O–H groups in total. The molecule has 0 aromatic carbocycles. The summed E-state index contributed by atoms with van der Waals surface area (Å²) in [6.07, 6.45) is 1.09. The lowest BCUT2D eigenvalue weighted by Crippen LogP contribution is -2.49. The van der Waals surface area contributed by atoms with Crippen molar-refractivity contribution < 1.29 is 14.7 Å². The summed E-state index contributed by atoms with van der Waals surface area (Å²) >= 11 is 3.91. The number of carboxylic acid groups (broad SMARTS) is 1. The quantitative estimate of drug-likeness (QED) is 0.350. The zero-order valence-corrected chi connectivity index (χ0v) is 9.39. The number of amides is 1. The van der Waals surface area contributed by atoms with Gasteiger partial charge in [0.15, 0.2) is 0 Å². The van der Waals surface area contributed by atoms with Crippen molar-refractivity contribution in [1.82, 2.24) is 10.3 Å². The molecule has 1 unspecified atom stereocenters. The van der Waals surface area contributed by atoms with Gasteiger partial charge in [-0.1, -0.05) is 0 Å². The second-order valence-electron chi connectivity index (χ2n) is 3.48. The van der Waals surface area contributed by atoms with E-state index in [1.54, 1.807) is 0 Å². The van der Waals surface area contributed by atoms with Crippen LogP contribution in [0.3, 0.4) is 0 Å². The second-order valence-corrected chi connectivity index (χ2v) is 3.85. The number of carbonyl (C=O) groups excluding carboxylic acids is 1. The van der Waals surface area contributed by atoms with Crippen LogP contribution in [0.25, 0.3) is 0 Å². The van der Waals surface area contributed by atoms with Crippen LogP contribution in [0.15, 0.2) is 5.29 Å². The highest BCUT2D eigenvalue weighted by Gasteiger charge is 2.36. The molecule has 0 radical (unpaired) electrons. The highest BCUT2D eigenvalue weighted by atomic mass is 32.1. The van der Waals surface area contributed by atoms with Gasteiger partial charge >= 0.3 is 5.97 Å². The predicted octanol–water partition coefficient (Wildman–Crippen LogP) is -0.369. The number of carboxylic acids is 1. The predicted molar refractivity (Wildman–Crippen MR) is 58.9 cm³/mol. The minimum absolute atomic E-state index is 0.0907. The van der Waals surface area contributed by atoms with Crippen LogP contribution in [0.5, 0.6) is 0 Å². The zero-order chi connectivity index (χ0) is 12.1. The highest BCUT2D eigenvalue weighted by molar-refractivity contribution is 7.80. The number of nitrogens with one attached hydrogen (secondary N) is 1. The Morgan fingerprint density at radius 1 is 1.62 bits per heavy atom. The van der Waals surface area contributed by atoms with Gasteiger partial charge in [0.2, 0.25) is 5.91 Å². The number of carbonyl (C=O) groups is 2. The molecule has 0 saturated carbocycles. The van der Waals surface area contributed by atoms with Gasteiger partial charge in [0.25, 0.3) is 0 Å². The van der Waals surface area contributed by atoms with Crippen LogP contribution in [0.4, 0.5) is 0 Å². The summed E-state index contributed by atoms with van der Waals surface area (Å²) in [5, 5.41) is 11.3. The van der Waals surface area contributed by atoms with Gasteiger partial charge < -0.3 is 10.0 Å². The van der Waals surface area contributed by atoms with E-state index in [1.165, 1.54) is 4.90 Å². The summed E-state index contributed by atoms with van der Waals surface area (Å²) in [5.74, 6) is -1.38. The molecular formula is C8H13N3O4S. The number of rotatable bonds is 5. The number of nitrogens with zero attached hydrogens (tertiary/aromatic N) is 2. The number of aliphatic carboxylic acids is 1. The Hall–Kier alpha value is -1.31. The van der Waals surface area contributed by atoms with Crippen LogP contribution < -0.4 is 5.43 Å². The average Bonchev–Trinajstić information content (AvgIpc) is 2.73. The zero-order valence-electron chi connectivity index (χ0n) is 8.50. The maximum atomic E-state index is 11.8. The van der Waals surface area contributed by atoms with E-state index < -0.39 is 24.0 Å². The molecule has 1 saturated heterocycles. The minimum Gasteiger partial charge on any atom is -0.480 e. The number of nitroso groups, excluding NO2 is 1. The Balaban J connectivity index is 2.71. The lowest BCUT2D eigenvalue weighted by Gasteiger charge is -2.24. The van der Waals surface area contributed by atoms with Gasteiger partial charge in [-0.25, -0.2) is 4.79 Å². The summed E-state index contributed by atoms with van der Waals surface area (Å²) in [7, 11) is 0. The normalized spacial score (nSPS) is 21.6. The van der Waals surface area contributed by atoms with Crippen LogP contribution in [0.2, 0.25) is 0 Å². The van der Waals surface area contributed by atoms with Gasteiger partial charge in [-0.2, -0.15) is 12.6 Å². The molecule has 0 aromatic heterocycles. The second kappa shape index (κ2) is 5.69. The van der Waals surface area contributed by atoms with E-state index in [4.69, 9.17) is 5.11 Å². The SMILES string of the molecule is O=NNC(CS)C(=O)N1CCC[C@H]1C(=O)O. The van der Waals surface area contributed by atoms with Crippen molar-refractivity contribution in [3.05, 3.63) is 4.91 Å².